The molecule has 0 heterocycles. The van der Waals surface area contributed by atoms with Crippen molar-refractivity contribution in [1.29, 1.82) is 0 Å². The molecule has 7 nitrogen and oxygen atoms in total. The van der Waals surface area contributed by atoms with Crippen LogP contribution in [0.1, 0.15) is 19.8 Å². The normalized spacial score (nSPS) is 14.2. The molecule has 10 heteroatoms. The van der Waals surface area contributed by atoms with Gasteiger partial charge in [0.05, 0.1) is 17.2 Å². The largest absolute Gasteiger partial charge is 0.357 e. The minimum Gasteiger partial charge on any atom is -0.357 e. The maximum absolute atomic E-state index is 12.3. The van der Waals surface area contributed by atoms with Crippen molar-refractivity contribution >= 4 is 61.6 Å². The minimum atomic E-state index is -3.37. The third-order valence-electron chi connectivity index (χ3n) is 3.81. The highest BCUT2D eigenvalue weighted by molar-refractivity contribution is 14.0. The predicted molar refractivity (Wildman–Crippen MR) is 121 cm³/mol. The molecule has 0 bridgehead atoms. The summed E-state index contributed by atoms with van der Waals surface area (Å²) in [4.78, 5) is 16.1. The number of hydrogen-bond acceptors (Lipinski definition) is 4. The number of sulfone groups is 1. The first-order valence-corrected chi connectivity index (χ1v) is 11.1. The molecule has 1 aromatic carbocycles. The van der Waals surface area contributed by atoms with Crippen LogP contribution in [0.25, 0.3) is 0 Å². The average Bonchev–Trinajstić information content (AvgIpc) is 3.44. The zero-order chi connectivity index (χ0) is 19.0. The zero-order valence-corrected chi connectivity index (χ0v) is 19.9. The number of hydrogen-bond donors (Lipinski definition) is 3. The fourth-order valence-corrected chi connectivity index (χ4v) is 3.62. The second kappa shape index (κ2) is 11.8. The first kappa shape index (κ1) is 24.2. The topological polar surface area (TPSA) is 99.7 Å². The number of halogens is 2. The van der Waals surface area contributed by atoms with Gasteiger partial charge in [-0.3, -0.25) is 9.79 Å². The van der Waals surface area contributed by atoms with Crippen molar-refractivity contribution in [3.05, 3.63) is 28.7 Å². The quantitative estimate of drug-likeness (QED) is 0.182. The van der Waals surface area contributed by atoms with Gasteiger partial charge in [0.15, 0.2) is 15.8 Å². The van der Waals surface area contributed by atoms with Gasteiger partial charge in [0.25, 0.3) is 0 Å². The van der Waals surface area contributed by atoms with Gasteiger partial charge in [-0.1, -0.05) is 15.9 Å². The zero-order valence-electron chi connectivity index (χ0n) is 15.2. The lowest BCUT2D eigenvalue weighted by molar-refractivity contribution is -0.122. The Kier molecular flexibility index (Phi) is 10.6. The second-order valence-electron chi connectivity index (χ2n) is 6.03. The van der Waals surface area contributed by atoms with E-state index in [9.17, 15) is 13.2 Å². The molecule has 0 unspecified atom stereocenters. The standard InChI is InChI=1S/C17H25BrN4O3S.HI/c1-2-19-17(21-10-9-20-16(23)13-3-4-13)22-11-12-26(24,25)15-7-5-14(18)6-8-15;/h5-8,13H,2-4,9-12H2,1H3,(H,20,23)(H2,19,21,22);1H. The number of amides is 1. The smallest absolute Gasteiger partial charge is 0.223 e. The van der Waals surface area contributed by atoms with E-state index >= 15 is 0 Å². The molecule has 1 saturated carbocycles. The molecule has 0 aromatic heterocycles. The Labute approximate surface area is 186 Å². The summed E-state index contributed by atoms with van der Waals surface area (Å²) in [7, 11) is -3.37. The van der Waals surface area contributed by atoms with E-state index in [1.807, 2.05) is 6.92 Å². The minimum absolute atomic E-state index is 0. The molecular formula is C17H26BrIN4O3S. The molecule has 0 spiro atoms. The van der Waals surface area contributed by atoms with E-state index in [4.69, 9.17) is 0 Å². The molecule has 1 aromatic rings. The molecule has 1 aliphatic carbocycles. The number of guanidine groups is 1. The molecule has 1 aliphatic rings. The fraction of sp³-hybridized carbons (Fsp3) is 0.529. The number of carbonyl (C=O) groups excluding carboxylic acids is 1. The van der Waals surface area contributed by atoms with E-state index in [-0.39, 0.29) is 53.0 Å². The molecule has 27 heavy (non-hydrogen) atoms. The first-order chi connectivity index (χ1) is 12.4. The SMILES string of the molecule is CCNC(=NCCS(=O)(=O)c1ccc(Br)cc1)NCCNC(=O)C1CC1.I. The monoisotopic (exact) mass is 572 g/mol. The van der Waals surface area contributed by atoms with Crippen LogP contribution in [0, 0.1) is 5.92 Å². The number of benzene rings is 1. The van der Waals surface area contributed by atoms with Crippen molar-refractivity contribution < 1.29 is 13.2 Å². The summed E-state index contributed by atoms with van der Waals surface area (Å²) in [6.45, 7) is 3.80. The molecule has 0 saturated heterocycles. The van der Waals surface area contributed by atoms with Crippen LogP contribution in [0.2, 0.25) is 0 Å². The van der Waals surface area contributed by atoms with Gasteiger partial charge < -0.3 is 16.0 Å². The maximum atomic E-state index is 12.3. The fourth-order valence-electron chi connectivity index (χ4n) is 2.24. The van der Waals surface area contributed by atoms with Crippen LogP contribution in [0.15, 0.2) is 38.6 Å². The second-order valence-corrected chi connectivity index (χ2v) is 9.05. The Morgan fingerprint density at radius 2 is 1.78 bits per heavy atom. The lowest BCUT2D eigenvalue weighted by atomic mass is 10.4. The average molecular weight is 573 g/mol. The van der Waals surface area contributed by atoms with E-state index in [1.54, 1.807) is 24.3 Å². The Balaban J connectivity index is 0.00000364. The molecule has 0 atom stereocenters. The van der Waals surface area contributed by atoms with Crippen LogP contribution in [-0.4, -0.2) is 52.2 Å². The number of aliphatic imine (C=N–C) groups is 1. The third-order valence-corrected chi connectivity index (χ3v) is 6.05. The molecular weight excluding hydrogens is 547 g/mol. The van der Waals surface area contributed by atoms with Gasteiger partial charge in [0.1, 0.15) is 0 Å². The van der Waals surface area contributed by atoms with E-state index in [2.05, 4.69) is 36.9 Å². The molecule has 0 aliphatic heterocycles. The maximum Gasteiger partial charge on any atom is 0.223 e. The lowest BCUT2D eigenvalue weighted by Gasteiger charge is -2.12. The summed E-state index contributed by atoms with van der Waals surface area (Å²) in [6.07, 6.45) is 1.96. The van der Waals surface area contributed by atoms with Gasteiger partial charge in [-0.2, -0.15) is 0 Å². The van der Waals surface area contributed by atoms with Gasteiger partial charge in [0.2, 0.25) is 5.91 Å². The van der Waals surface area contributed by atoms with Gasteiger partial charge in [-0.05, 0) is 44.0 Å². The summed E-state index contributed by atoms with van der Waals surface area (Å²) in [5.74, 6) is 0.776. The highest BCUT2D eigenvalue weighted by atomic mass is 127. The summed E-state index contributed by atoms with van der Waals surface area (Å²) < 4.78 is 25.5. The Morgan fingerprint density at radius 3 is 2.37 bits per heavy atom. The van der Waals surface area contributed by atoms with Crippen LogP contribution in [0.3, 0.4) is 0 Å². The number of rotatable bonds is 9. The lowest BCUT2D eigenvalue weighted by Crippen LogP contribution is -2.42. The number of carbonyl (C=O) groups is 1. The summed E-state index contributed by atoms with van der Waals surface area (Å²) in [5.41, 5.74) is 0. The molecule has 3 N–H and O–H groups in total. The molecule has 1 fully saturated rings. The van der Waals surface area contributed by atoms with Gasteiger partial charge in [-0.25, -0.2) is 8.42 Å². The van der Waals surface area contributed by atoms with Crippen molar-refractivity contribution in [3.8, 4) is 0 Å². The highest BCUT2D eigenvalue weighted by Crippen LogP contribution is 2.28. The van der Waals surface area contributed by atoms with Crippen LogP contribution < -0.4 is 16.0 Å². The molecule has 1 amide bonds. The van der Waals surface area contributed by atoms with Crippen molar-refractivity contribution in [2.75, 3.05) is 31.9 Å². The summed E-state index contributed by atoms with van der Waals surface area (Å²) in [6, 6.07) is 6.57. The Hall–Kier alpha value is -0.880. The van der Waals surface area contributed by atoms with Crippen molar-refractivity contribution in [3.63, 3.8) is 0 Å². The van der Waals surface area contributed by atoms with Crippen molar-refractivity contribution in [1.82, 2.24) is 16.0 Å². The van der Waals surface area contributed by atoms with Crippen molar-refractivity contribution in [2.24, 2.45) is 10.9 Å². The molecule has 2 rings (SSSR count). The van der Waals surface area contributed by atoms with Gasteiger partial charge in [0, 0.05) is 30.0 Å². The van der Waals surface area contributed by atoms with Crippen molar-refractivity contribution in [2.45, 2.75) is 24.7 Å². The van der Waals surface area contributed by atoms with Crippen LogP contribution in [0.5, 0.6) is 0 Å². The number of nitrogens with zero attached hydrogens (tertiary/aromatic N) is 1. The molecule has 152 valence electrons. The Bertz CT molecular complexity index is 737. The predicted octanol–water partition coefficient (Wildman–Crippen LogP) is 1.92. The first-order valence-electron chi connectivity index (χ1n) is 8.70. The van der Waals surface area contributed by atoms with Crippen LogP contribution >= 0.6 is 39.9 Å². The van der Waals surface area contributed by atoms with Crippen LogP contribution in [-0.2, 0) is 14.6 Å². The Morgan fingerprint density at radius 1 is 1.15 bits per heavy atom. The highest BCUT2D eigenvalue weighted by Gasteiger charge is 2.28. The third kappa shape index (κ3) is 8.77. The van der Waals surface area contributed by atoms with E-state index in [0.717, 1.165) is 17.3 Å². The summed E-state index contributed by atoms with van der Waals surface area (Å²) in [5, 5.41) is 9.02. The molecule has 0 radical (unpaired) electrons. The number of nitrogens with one attached hydrogen (secondary N) is 3. The van der Waals surface area contributed by atoms with Crippen LogP contribution in [0.4, 0.5) is 0 Å². The van der Waals surface area contributed by atoms with Gasteiger partial charge in [-0.15, -0.1) is 24.0 Å². The van der Waals surface area contributed by atoms with E-state index < -0.39 is 9.84 Å². The van der Waals surface area contributed by atoms with E-state index in [0.29, 0.717) is 25.6 Å². The van der Waals surface area contributed by atoms with E-state index in [1.165, 1.54) is 0 Å². The van der Waals surface area contributed by atoms with Gasteiger partial charge >= 0.3 is 0 Å². The summed E-state index contributed by atoms with van der Waals surface area (Å²) >= 11 is 3.29.